The first-order chi connectivity index (χ1) is 10.9. The summed E-state index contributed by atoms with van der Waals surface area (Å²) in [5, 5.41) is 5.59. The number of para-hydroxylation sites is 1. The van der Waals surface area contributed by atoms with Crippen LogP contribution in [0.3, 0.4) is 0 Å². The lowest BCUT2D eigenvalue weighted by Gasteiger charge is -2.19. The summed E-state index contributed by atoms with van der Waals surface area (Å²) in [6.45, 7) is 1.32. The van der Waals surface area contributed by atoms with Crippen LogP contribution in [0.15, 0.2) is 71.6 Å². The summed E-state index contributed by atoms with van der Waals surface area (Å²) in [5.41, 5.74) is 4.13. The van der Waals surface area contributed by atoms with Crippen LogP contribution in [-0.2, 0) is 6.54 Å². The fourth-order valence-electron chi connectivity index (χ4n) is 2.21. The van der Waals surface area contributed by atoms with Crippen molar-refractivity contribution < 1.29 is 4.74 Å². The highest BCUT2D eigenvalue weighted by Crippen LogP contribution is 2.17. The van der Waals surface area contributed by atoms with Crippen LogP contribution in [0.25, 0.3) is 0 Å². The lowest BCUT2D eigenvalue weighted by molar-refractivity contribution is 0.265. The van der Waals surface area contributed by atoms with E-state index in [4.69, 9.17) is 4.74 Å². The maximum absolute atomic E-state index is 5.91. The standard InChI is InChI=1S/C18H18N2OS/c1-3-7-15(8-4-1)18(19-11-16-13-22-14-20-16)12-21-17-9-5-2-6-10-17/h1-10,13-14,18-19H,11-12H2/t18-/m0/s1. The van der Waals surface area contributed by atoms with Crippen molar-refractivity contribution in [1.29, 1.82) is 0 Å². The zero-order chi connectivity index (χ0) is 15.0. The van der Waals surface area contributed by atoms with Gasteiger partial charge < -0.3 is 10.1 Å². The molecule has 0 unspecified atom stereocenters. The van der Waals surface area contributed by atoms with Gasteiger partial charge in [-0.2, -0.15) is 0 Å². The second-order valence-electron chi connectivity index (χ2n) is 4.95. The highest BCUT2D eigenvalue weighted by Gasteiger charge is 2.12. The molecule has 0 spiro atoms. The minimum atomic E-state index is 0.128. The molecule has 0 aliphatic rings. The zero-order valence-corrected chi connectivity index (χ0v) is 13.0. The molecule has 3 rings (SSSR count). The number of rotatable bonds is 7. The first-order valence-electron chi connectivity index (χ1n) is 7.25. The summed E-state index contributed by atoms with van der Waals surface area (Å²) < 4.78 is 5.91. The van der Waals surface area contributed by atoms with Crippen molar-refractivity contribution in [2.45, 2.75) is 12.6 Å². The lowest BCUT2D eigenvalue weighted by Crippen LogP contribution is -2.26. The van der Waals surface area contributed by atoms with Crippen LogP contribution >= 0.6 is 11.3 Å². The molecule has 0 bridgehead atoms. The van der Waals surface area contributed by atoms with Crippen molar-refractivity contribution in [1.82, 2.24) is 10.3 Å². The normalized spacial score (nSPS) is 12.0. The molecule has 0 fully saturated rings. The number of aromatic nitrogens is 1. The topological polar surface area (TPSA) is 34.1 Å². The van der Waals surface area contributed by atoms with Gasteiger partial charge in [0.1, 0.15) is 12.4 Å². The molecule has 0 aliphatic carbocycles. The number of hydrogen-bond donors (Lipinski definition) is 1. The summed E-state index contributed by atoms with van der Waals surface area (Å²) in [7, 11) is 0. The SMILES string of the molecule is c1ccc(OC[C@H](NCc2cscn2)c2ccccc2)cc1. The largest absolute Gasteiger partial charge is 0.492 e. The number of ether oxygens (including phenoxy) is 1. The molecular formula is C18H18N2OS. The molecule has 1 atom stereocenters. The molecule has 22 heavy (non-hydrogen) atoms. The molecular weight excluding hydrogens is 292 g/mol. The van der Waals surface area contributed by atoms with E-state index in [1.807, 2.05) is 41.9 Å². The number of thiazole rings is 1. The van der Waals surface area contributed by atoms with Crippen molar-refractivity contribution >= 4 is 11.3 Å². The third kappa shape index (κ3) is 4.16. The summed E-state index contributed by atoms with van der Waals surface area (Å²) >= 11 is 1.61. The molecule has 0 amide bonds. The fourth-order valence-corrected chi connectivity index (χ4v) is 2.77. The predicted octanol–water partition coefficient (Wildman–Crippen LogP) is 4.05. The first-order valence-corrected chi connectivity index (χ1v) is 8.19. The average molecular weight is 310 g/mol. The molecule has 112 valence electrons. The lowest BCUT2D eigenvalue weighted by atomic mass is 10.1. The Morgan fingerprint density at radius 1 is 1.00 bits per heavy atom. The molecule has 3 nitrogen and oxygen atoms in total. The molecule has 4 heteroatoms. The molecule has 0 aliphatic heterocycles. The maximum atomic E-state index is 5.91. The van der Waals surface area contributed by atoms with Gasteiger partial charge in [0.25, 0.3) is 0 Å². The first kappa shape index (κ1) is 14.8. The van der Waals surface area contributed by atoms with Gasteiger partial charge in [0.2, 0.25) is 0 Å². The summed E-state index contributed by atoms with van der Waals surface area (Å²) in [6, 6.07) is 20.4. The average Bonchev–Trinajstić information content (AvgIpc) is 3.10. The third-order valence-corrected chi connectivity index (χ3v) is 4.01. The highest BCUT2D eigenvalue weighted by atomic mass is 32.1. The fraction of sp³-hybridized carbons (Fsp3) is 0.167. The van der Waals surface area contributed by atoms with Gasteiger partial charge in [-0.05, 0) is 17.7 Å². The van der Waals surface area contributed by atoms with Gasteiger partial charge in [-0.3, -0.25) is 0 Å². The van der Waals surface area contributed by atoms with Crippen LogP contribution < -0.4 is 10.1 Å². The van der Waals surface area contributed by atoms with Crippen molar-refractivity contribution in [3.63, 3.8) is 0 Å². The van der Waals surface area contributed by atoms with Crippen LogP contribution in [0, 0.1) is 0 Å². The summed E-state index contributed by atoms with van der Waals surface area (Å²) in [5.74, 6) is 0.888. The van der Waals surface area contributed by atoms with Crippen molar-refractivity contribution in [2.75, 3.05) is 6.61 Å². The van der Waals surface area contributed by atoms with Gasteiger partial charge in [-0.25, -0.2) is 4.98 Å². The van der Waals surface area contributed by atoms with Crippen molar-refractivity contribution in [3.8, 4) is 5.75 Å². The Bertz CT molecular complexity index is 656. The van der Waals surface area contributed by atoms with Crippen LogP contribution in [0.1, 0.15) is 17.3 Å². The molecule has 0 radical (unpaired) electrons. The van der Waals surface area contributed by atoms with E-state index in [-0.39, 0.29) is 6.04 Å². The van der Waals surface area contributed by atoms with Crippen LogP contribution in [-0.4, -0.2) is 11.6 Å². The smallest absolute Gasteiger partial charge is 0.119 e. The second-order valence-corrected chi connectivity index (χ2v) is 5.67. The minimum Gasteiger partial charge on any atom is -0.492 e. The number of nitrogens with zero attached hydrogens (tertiary/aromatic N) is 1. The summed E-state index contributed by atoms with van der Waals surface area (Å²) in [4.78, 5) is 4.32. The van der Waals surface area contributed by atoms with Crippen LogP contribution in [0.5, 0.6) is 5.75 Å². The van der Waals surface area contributed by atoms with Gasteiger partial charge in [0, 0.05) is 11.9 Å². The van der Waals surface area contributed by atoms with Crippen LogP contribution in [0.2, 0.25) is 0 Å². The van der Waals surface area contributed by atoms with Crippen molar-refractivity contribution in [3.05, 3.63) is 82.8 Å². The molecule has 3 aromatic rings. The molecule has 1 N–H and O–H groups in total. The van der Waals surface area contributed by atoms with E-state index in [1.165, 1.54) is 5.56 Å². The summed E-state index contributed by atoms with van der Waals surface area (Å²) in [6.07, 6.45) is 0. The zero-order valence-electron chi connectivity index (χ0n) is 12.2. The molecule has 1 heterocycles. The van der Waals surface area contributed by atoms with E-state index < -0.39 is 0 Å². The quantitative estimate of drug-likeness (QED) is 0.715. The van der Waals surface area contributed by atoms with E-state index in [9.17, 15) is 0 Å². The van der Waals surface area contributed by atoms with Gasteiger partial charge in [0.15, 0.2) is 0 Å². The Morgan fingerprint density at radius 3 is 2.41 bits per heavy atom. The number of nitrogens with one attached hydrogen (secondary N) is 1. The molecule has 0 saturated heterocycles. The Balaban J connectivity index is 1.66. The van der Waals surface area contributed by atoms with Gasteiger partial charge in [-0.1, -0.05) is 48.5 Å². The molecule has 2 aromatic carbocycles. The van der Waals surface area contributed by atoms with Crippen LogP contribution in [0.4, 0.5) is 0 Å². The van der Waals surface area contributed by atoms with E-state index >= 15 is 0 Å². The van der Waals surface area contributed by atoms with E-state index in [2.05, 4.69) is 39.9 Å². The Morgan fingerprint density at radius 2 is 1.73 bits per heavy atom. The Labute approximate surface area is 134 Å². The number of hydrogen-bond acceptors (Lipinski definition) is 4. The molecule has 1 aromatic heterocycles. The van der Waals surface area contributed by atoms with E-state index in [0.29, 0.717) is 6.61 Å². The molecule has 0 saturated carbocycles. The van der Waals surface area contributed by atoms with Crippen molar-refractivity contribution in [2.24, 2.45) is 0 Å². The highest BCUT2D eigenvalue weighted by molar-refractivity contribution is 7.07. The van der Waals surface area contributed by atoms with E-state index in [1.54, 1.807) is 11.3 Å². The predicted molar refractivity (Wildman–Crippen MR) is 90.1 cm³/mol. The van der Waals surface area contributed by atoms with Gasteiger partial charge in [0.05, 0.1) is 17.2 Å². The van der Waals surface area contributed by atoms with Gasteiger partial charge in [-0.15, -0.1) is 11.3 Å². The third-order valence-electron chi connectivity index (χ3n) is 3.37. The Hall–Kier alpha value is -2.17. The Kier molecular flexibility index (Phi) is 5.18. The van der Waals surface area contributed by atoms with E-state index in [0.717, 1.165) is 18.0 Å². The number of benzene rings is 2. The maximum Gasteiger partial charge on any atom is 0.119 e. The minimum absolute atomic E-state index is 0.128. The second kappa shape index (κ2) is 7.73. The van der Waals surface area contributed by atoms with Gasteiger partial charge >= 0.3 is 0 Å². The monoisotopic (exact) mass is 310 g/mol.